The maximum absolute atomic E-state index is 13.1. The zero-order valence-corrected chi connectivity index (χ0v) is 15.7. The Bertz CT molecular complexity index is 1040. The molecule has 3 aromatic rings. The van der Waals surface area contributed by atoms with E-state index in [-0.39, 0.29) is 11.7 Å². The van der Waals surface area contributed by atoms with Gasteiger partial charge in [-0.25, -0.2) is 0 Å². The molecule has 0 spiro atoms. The van der Waals surface area contributed by atoms with Crippen molar-refractivity contribution in [2.75, 3.05) is 13.2 Å². The van der Waals surface area contributed by atoms with E-state index in [2.05, 4.69) is 9.72 Å². The maximum Gasteiger partial charge on any atom is 0.573 e. The van der Waals surface area contributed by atoms with Crippen LogP contribution in [0.1, 0.15) is 15.9 Å². The summed E-state index contributed by atoms with van der Waals surface area (Å²) in [6.45, 7) is 1.20. The van der Waals surface area contributed by atoms with Crippen LogP contribution in [0.4, 0.5) is 13.2 Å². The average Bonchev–Trinajstić information content (AvgIpc) is 2.87. The molecule has 0 radical (unpaired) electrons. The van der Waals surface area contributed by atoms with E-state index in [9.17, 15) is 18.0 Å². The van der Waals surface area contributed by atoms with E-state index < -0.39 is 6.36 Å². The lowest BCUT2D eigenvalue weighted by molar-refractivity contribution is -0.274. The Balaban J connectivity index is 1.59. The van der Waals surface area contributed by atoms with Gasteiger partial charge in [0.15, 0.2) is 0 Å². The molecule has 1 amide bonds. The van der Waals surface area contributed by atoms with Crippen LogP contribution in [0.3, 0.4) is 0 Å². The third-order valence-electron chi connectivity index (χ3n) is 4.63. The third kappa shape index (κ3) is 4.53. The van der Waals surface area contributed by atoms with Crippen LogP contribution < -0.4 is 9.47 Å². The molecule has 1 aliphatic heterocycles. The Labute approximate surface area is 170 Å². The standard InChI is InChI=1S/C22H17F3N2O3/c23-22(24,25)30-18-6-3-16(4-7-18)17-5-8-20-19(12-17)21(28)27(10-11-29-20)14-15-2-1-9-26-13-15/h1-9,12-13H,10-11,14H2. The molecule has 0 bridgehead atoms. The van der Waals surface area contributed by atoms with E-state index >= 15 is 0 Å². The first kappa shape index (κ1) is 19.8. The number of carbonyl (C=O) groups is 1. The summed E-state index contributed by atoms with van der Waals surface area (Å²) in [5.41, 5.74) is 2.66. The third-order valence-corrected chi connectivity index (χ3v) is 4.63. The zero-order chi connectivity index (χ0) is 21.1. The second-order valence-electron chi connectivity index (χ2n) is 6.72. The van der Waals surface area contributed by atoms with Gasteiger partial charge in [-0.05, 0) is 47.0 Å². The van der Waals surface area contributed by atoms with Gasteiger partial charge in [0.25, 0.3) is 5.91 Å². The number of nitrogens with zero attached hydrogens (tertiary/aromatic N) is 2. The second-order valence-corrected chi connectivity index (χ2v) is 6.72. The number of rotatable bonds is 4. The summed E-state index contributed by atoms with van der Waals surface area (Å²) >= 11 is 0. The van der Waals surface area contributed by atoms with Gasteiger partial charge in [-0.2, -0.15) is 0 Å². The van der Waals surface area contributed by atoms with Crippen molar-refractivity contribution >= 4 is 5.91 Å². The normalized spacial score (nSPS) is 14.0. The van der Waals surface area contributed by atoms with Crippen molar-refractivity contribution in [3.8, 4) is 22.6 Å². The molecule has 5 nitrogen and oxygen atoms in total. The molecule has 8 heteroatoms. The van der Waals surface area contributed by atoms with Gasteiger partial charge < -0.3 is 14.4 Å². The number of alkyl halides is 3. The lowest BCUT2D eigenvalue weighted by Gasteiger charge is -2.20. The van der Waals surface area contributed by atoms with Gasteiger partial charge >= 0.3 is 6.36 Å². The number of halogens is 3. The molecule has 0 aliphatic carbocycles. The molecule has 30 heavy (non-hydrogen) atoms. The Hall–Kier alpha value is -3.55. The van der Waals surface area contributed by atoms with Crippen molar-refractivity contribution in [1.29, 1.82) is 0 Å². The van der Waals surface area contributed by atoms with Gasteiger partial charge in [-0.15, -0.1) is 13.2 Å². The lowest BCUT2D eigenvalue weighted by atomic mass is 10.0. The molecule has 4 rings (SSSR count). The molecule has 0 saturated heterocycles. The van der Waals surface area contributed by atoms with E-state index in [1.54, 1.807) is 35.5 Å². The molecule has 0 unspecified atom stereocenters. The monoisotopic (exact) mass is 414 g/mol. The molecule has 2 aromatic carbocycles. The fourth-order valence-corrected chi connectivity index (χ4v) is 3.25. The molecular formula is C22H17F3N2O3. The lowest BCUT2D eigenvalue weighted by Crippen LogP contribution is -2.31. The van der Waals surface area contributed by atoms with Crippen molar-refractivity contribution in [2.24, 2.45) is 0 Å². The predicted octanol–water partition coefficient (Wildman–Crippen LogP) is 4.68. The van der Waals surface area contributed by atoms with Crippen molar-refractivity contribution in [3.63, 3.8) is 0 Å². The minimum absolute atomic E-state index is 0.176. The smallest absolute Gasteiger partial charge is 0.491 e. The highest BCUT2D eigenvalue weighted by atomic mass is 19.4. The quantitative estimate of drug-likeness (QED) is 0.622. The van der Waals surface area contributed by atoms with Crippen LogP contribution >= 0.6 is 0 Å². The Morgan fingerprint density at radius 2 is 1.83 bits per heavy atom. The number of pyridine rings is 1. The van der Waals surface area contributed by atoms with Crippen LogP contribution in [0.5, 0.6) is 11.5 Å². The highest BCUT2D eigenvalue weighted by molar-refractivity contribution is 5.98. The molecule has 1 aliphatic rings. The van der Waals surface area contributed by atoms with E-state index in [1.807, 2.05) is 12.1 Å². The van der Waals surface area contributed by atoms with Crippen LogP contribution in [0.15, 0.2) is 67.0 Å². The number of ether oxygens (including phenoxy) is 2. The fourth-order valence-electron chi connectivity index (χ4n) is 3.25. The summed E-state index contributed by atoms with van der Waals surface area (Å²) in [6, 6.07) is 14.4. The summed E-state index contributed by atoms with van der Waals surface area (Å²) < 4.78 is 46.7. The molecular weight excluding hydrogens is 397 g/mol. The highest BCUT2D eigenvalue weighted by Gasteiger charge is 2.31. The fraction of sp³-hybridized carbons (Fsp3) is 0.182. The highest BCUT2D eigenvalue weighted by Crippen LogP contribution is 2.31. The maximum atomic E-state index is 13.1. The zero-order valence-electron chi connectivity index (χ0n) is 15.7. The van der Waals surface area contributed by atoms with Crippen LogP contribution in [-0.4, -0.2) is 35.3 Å². The Morgan fingerprint density at radius 1 is 1.07 bits per heavy atom. The minimum Gasteiger partial charge on any atom is -0.491 e. The number of hydrogen-bond donors (Lipinski definition) is 0. The van der Waals surface area contributed by atoms with Crippen molar-refractivity contribution in [2.45, 2.75) is 12.9 Å². The Morgan fingerprint density at radius 3 is 2.53 bits per heavy atom. The largest absolute Gasteiger partial charge is 0.573 e. The number of aromatic nitrogens is 1. The molecule has 0 N–H and O–H groups in total. The molecule has 0 saturated carbocycles. The van der Waals surface area contributed by atoms with Crippen LogP contribution in [0.25, 0.3) is 11.1 Å². The van der Waals surface area contributed by atoms with Gasteiger partial charge in [0.2, 0.25) is 0 Å². The van der Waals surface area contributed by atoms with Crippen molar-refractivity contribution in [3.05, 3.63) is 78.1 Å². The first-order chi connectivity index (χ1) is 14.4. The molecule has 1 aromatic heterocycles. The first-order valence-corrected chi connectivity index (χ1v) is 9.20. The molecule has 0 atom stereocenters. The van der Waals surface area contributed by atoms with E-state index in [1.165, 1.54) is 24.3 Å². The summed E-state index contributed by atoms with van der Waals surface area (Å²) in [7, 11) is 0. The van der Waals surface area contributed by atoms with Gasteiger partial charge in [-0.1, -0.05) is 24.3 Å². The summed E-state index contributed by atoms with van der Waals surface area (Å²) in [6.07, 6.45) is -1.36. The predicted molar refractivity (Wildman–Crippen MR) is 103 cm³/mol. The minimum atomic E-state index is -4.74. The summed E-state index contributed by atoms with van der Waals surface area (Å²) in [4.78, 5) is 18.9. The van der Waals surface area contributed by atoms with Gasteiger partial charge in [0.1, 0.15) is 18.1 Å². The van der Waals surface area contributed by atoms with Crippen molar-refractivity contribution < 1.29 is 27.4 Å². The molecule has 2 heterocycles. The van der Waals surface area contributed by atoms with Gasteiger partial charge in [0, 0.05) is 18.9 Å². The van der Waals surface area contributed by atoms with Crippen LogP contribution in [0.2, 0.25) is 0 Å². The van der Waals surface area contributed by atoms with Gasteiger partial charge in [-0.3, -0.25) is 9.78 Å². The van der Waals surface area contributed by atoms with Gasteiger partial charge in [0.05, 0.1) is 12.1 Å². The number of benzene rings is 2. The van der Waals surface area contributed by atoms with E-state index in [0.717, 1.165) is 5.56 Å². The van der Waals surface area contributed by atoms with Crippen molar-refractivity contribution in [1.82, 2.24) is 9.88 Å². The molecule has 154 valence electrons. The van der Waals surface area contributed by atoms with Crippen LogP contribution in [0, 0.1) is 0 Å². The van der Waals surface area contributed by atoms with Crippen LogP contribution in [-0.2, 0) is 6.54 Å². The average molecular weight is 414 g/mol. The topological polar surface area (TPSA) is 51.7 Å². The summed E-state index contributed by atoms with van der Waals surface area (Å²) in [5, 5.41) is 0. The van der Waals surface area contributed by atoms with E-state index in [4.69, 9.17) is 4.74 Å². The number of hydrogen-bond acceptors (Lipinski definition) is 4. The number of carbonyl (C=O) groups excluding carboxylic acids is 1. The second kappa shape index (κ2) is 8.06. The van der Waals surface area contributed by atoms with E-state index in [0.29, 0.717) is 42.1 Å². The number of fused-ring (bicyclic) bond motifs is 1. The SMILES string of the molecule is O=C1c2cc(-c3ccc(OC(F)(F)F)cc3)ccc2OCCN1Cc1cccnc1. The summed E-state index contributed by atoms with van der Waals surface area (Å²) in [5.74, 6) is 0.00255. The molecule has 0 fully saturated rings. The number of amides is 1. The Kier molecular flexibility index (Phi) is 5.31. The first-order valence-electron chi connectivity index (χ1n) is 9.20.